The van der Waals surface area contributed by atoms with Gasteiger partial charge in [0.15, 0.2) is 0 Å². The van der Waals surface area contributed by atoms with Crippen LogP contribution >= 0.6 is 11.8 Å². The van der Waals surface area contributed by atoms with Gasteiger partial charge in [0.2, 0.25) is 11.8 Å². The van der Waals surface area contributed by atoms with E-state index in [1.165, 1.54) is 16.7 Å². The van der Waals surface area contributed by atoms with Crippen molar-refractivity contribution in [3.05, 3.63) is 53.9 Å². The van der Waals surface area contributed by atoms with Crippen molar-refractivity contribution in [1.82, 2.24) is 15.2 Å². The van der Waals surface area contributed by atoms with Crippen molar-refractivity contribution in [3.63, 3.8) is 0 Å². The second kappa shape index (κ2) is 8.65. The smallest absolute Gasteiger partial charge is 0.253 e. The number of fused-ring (bicyclic) bond motifs is 1. The first-order chi connectivity index (χ1) is 14.1. The van der Waals surface area contributed by atoms with Crippen LogP contribution in [0.25, 0.3) is 0 Å². The average molecular weight is 410 g/mol. The molecule has 3 heterocycles. The molecule has 1 aromatic carbocycles. The predicted molar refractivity (Wildman–Crippen MR) is 111 cm³/mol. The first-order valence-corrected chi connectivity index (χ1v) is 10.6. The number of nitrogens with one attached hydrogen (secondary N) is 1. The molecule has 2 aliphatic rings. The maximum atomic E-state index is 12.7. The van der Waals surface area contributed by atoms with Crippen LogP contribution in [-0.2, 0) is 16.1 Å². The van der Waals surface area contributed by atoms with Crippen LogP contribution in [0.3, 0.4) is 0 Å². The first kappa shape index (κ1) is 19.4. The van der Waals surface area contributed by atoms with Crippen LogP contribution < -0.4 is 10.2 Å². The largest absolute Gasteiger partial charge is 0.349 e. The predicted octanol–water partition coefficient (Wildman–Crippen LogP) is 2.07. The monoisotopic (exact) mass is 410 g/mol. The third kappa shape index (κ3) is 4.42. The number of amides is 3. The summed E-state index contributed by atoms with van der Waals surface area (Å²) in [6, 6.07) is 10.9. The molecule has 0 aliphatic carbocycles. The van der Waals surface area contributed by atoms with Gasteiger partial charge in [-0.2, -0.15) is 0 Å². The highest BCUT2D eigenvalue weighted by Gasteiger charge is 2.28. The Morgan fingerprint density at radius 2 is 1.97 bits per heavy atom. The lowest BCUT2D eigenvalue weighted by Crippen LogP contribution is -2.43. The van der Waals surface area contributed by atoms with Crippen molar-refractivity contribution >= 4 is 35.2 Å². The summed E-state index contributed by atoms with van der Waals surface area (Å²) in [5.41, 5.74) is 1.93. The summed E-state index contributed by atoms with van der Waals surface area (Å²) >= 11 is 1.43. The van der Waals surface area contributed by atoms with Gasteiger partial charge < -0.3 is 15.1 Å². The first-order valence-electron chi connectivity index (χ1n) is 9.65. The number of rotatable bonds is 5. The van der Waals surface area contributed by atoms with E-state index in [-0.39, 0.29) is 30.0 Å². The summed E-state index contributed by atoms with van der Waals surface area (Å²) in [5, 5.41) is 2.80. The Bertz CT molecular complexity index is 929. The van der Waals surface area contributed by atoms with Gasteiger partial charge in [-0.25, -0.2) is 0 Å². The molecule has 1 N–H and O–H groups in total. The van der Waals surface area contributed by atoms with E-state index >= 15 is 0 Å². The molecular weight excluding hydrogens is 388 g/mol. The van der Waals surface area contributed by atoms with E-state index in [1.54, 1.807) is 12.3 Å². The molecule has 2 aliphatic heterocycles. The summed E-state index contributed by atoms with van der Waals surface area (Å²) in [6.07, 6.45) is 3.71. The number of pyridine rings is 1. The molecule has 0 radical (unpaired) electrons. The normalized spacial score (nSPS) is 15.9. The maximum absolute atomic E-state index is 12.7. The van der Waals surface area contributed by atoms with Crippen molar-refractivity contribution < 1.29 is 14.4 Å². The van der Waals surface area contributed by atoms with Crippen LogP contribution in [0.5, 0.6) is 0 Å². The molecule has 0 saturated carbocycles. The summed E-state index contributed by atoms with van der Waals surface area (Å²) in [6.45, 7) is 1.75. The summed E-state index contributed by atoms with van der Waals surface area (Å²) in [4.78, 5) is 46.1. The number of benzene rings is 1. The molecule has 0 unspecified atom stereocenters. The Hall–Kier alpha value is -2.87. The third-order valence-electron chi connectivity index (χ3n) is 5.04. The molecule has 0 atom stereocenters. The molecule has 8 heteroatoms. The standard InChI is InChI=1S/C21H22N4O3S/c26-19(23-12-16-5-1-2-8-22-16)13-25-17-11-15(21(28)24-9-3-4-10-24)6-7-18(17)29-14-20(25)27/h1-2,5-8,11H,3-4,9-10,12-14H2,(H,23,26). The molecule has 1 saturated heterocycles. The fourth-order valence-corrected chi connectivity index (χ4v) is 4.42. The number of hydrogen-bond acceptors (Lipinski definition) is 5. The van der Waals surface area contributed by atoms with Crippen molar-refractivity contribution in [2.24, 2.45) is 0 Å². The average Bonchev–Trinajstić information content (AvgIpc) is 3.29. The third-order valence-corrected chi connectivity index (χ3v) is 6.08. The van der Waals surface area contributed by atoms with E-state index in [0.717, 1.165) is 36.5 Å². The minimum Gasteiger partial charge on any atom is -0.349 e. The molecule has 4 rings (SSSR count). The van der Waals surface area contributed by atoms with Gasteiger partial charge in [-0.1, -0.05) is 6.07 Å². The zero-order valence-electron chi connectivity index (χ0n) is 16.0. The Balaban J connectivity index is 1.49. The number of nitrogens with zero attached hydrogens (tertiary/aromatic N) is 3. The fraction of sp³-hybridized carbons (Fsp3) is 0.333. The quantitative estimate of drug-likeness (QED) is 0.816. The lowest BCUT2D eigenvalue weighted by molar-refractivity contribution is -0.123. The number of hydrogen-bond donors (Lipinski definition) is 1. The van der Waals surface area contributed by atoms with E-state index < -0.39 is 0 Å². The number of aromatic nitrogens is 1. The zero-order chi connectivity index (χ0) is 20.2. The number of anilines is 1. The number of carbonyl (C=O) groups is 3. The lowest BCUT2D eigenvalue weighted by Gasteiger charge is -2.29. The molecule has 29 heavy (non-hydrogen) atoms. The van der Waals surface area contributed by atoms with Crippen LogP contribution in [0.2, 0.25) is 0 Å². The molecule has 150 valence electrons. The number of carbonyl (C=O) groups excluding carboxylic acids is 3. The Morgan fingerprint density at radius 3 is 2.72 bits per heavy atom. The van der Waals surface area contributed by atoms with Gasteiger partial charge in [0.05, 0.1) is 23.7 Å². The summed E-state index contributed by atoms with van der Waals surface area (Å²) in [5.74, 6) is -0.146. The van der Waals surface area contributed by atoms with Gasteiger partial charge in [-0.05, 0) is 43.2 Å². The number of likely N-dealkylation sites (tertiary alicyclic amines) is 1. The van der Waals surface area contributed by atoms with Crippen LogP contribution in [0, 0.1) is 0 Å². The van der Waals surface area contributed by atoms with Crippen molar-refractivity contribution in [3.8, 4) is 0 Å². The topological polar surface area (TPSA) is 82.6 Å². The van der Waals surface area contributed by atoms with Crippen molar-refractivity contribution in [1.29, 1.82) is 0 Å². The van der Waals surface area contributed by atoms with Gasteiger partial charge in [-0.15, -0.1) is 11.8 Å². The van der Waals surface area contributed by atoms with Crippen LogP contribution in [-0.4, -0.2) is 53.0 Å². The zero-order valence-corrected chi connectivity index (χ0v) is 16.8. The Kier molecular flexibility index (Phi) is 5.80. The maximum Gasteiger partial charge on any atom is 0.253 e. The minimum absolute atomic E-state index is 0.0205. The second-order valence-corrected chi connectivity index (χ2v) is 8.07. The SMILES string of the molecule is O=C(CN1C(=O)CSc2ccc(C(=O)N3CCCC3)cc21)NCc1ccccn1. The fourth-order valence-electron chi connectivity index (χ4n) is 3.50. The molecular formula is C21H22N4O3S. The van der Waals surface area contributed by atoms with Gasteiger partial charge in [0.1, 0.15) is 6.54 Å². The van der Waals surface area contributed by atoms with Gasteiger partial charge in [0.25, 0.3) is 5.91 Å². The summed E-state index contributed by atoms with van der Waals surface area (Å²) in [7, 11) is 0. The van der Waals surface area contributed by atoms with E-state index in [9.17, 15) is 14.4 Å². The van der Waals surface area contributed by atoms with E-state index in [1.807, 2.05) is 35.2 Å². The molecule has 0 bridgehead atoms. The van der Waals surface area contributed by atoms with Crippen LogP contribution in [0.4, 0.5) is 5.69 Å². The highest BCUT2D eigenvalue weighted by Crippen LogP contribution is 2.36. The van der Waals surface area contributed by atoms with Gasteiger partial charge in [-0.3, -0.25) is 19.4 Å². The molecule has 1 aromatic heterocycles. The molecule has 0 spiro atoms. The van der Waals surface area contributed by atoms with Crippen molar-refractivity contribution in [2.75, 3.05) is 30.3 Å². The number of thioether (sulfide) groups is 1. The van der Waals surface area contributed by atoms with Gasteiger partial charge in [0, 0.05) is 29.7 Å². The van der Waals surface area contributed by atoms with Crippen molar-refractivity contribution in [2.45, 2.75) is 24.3 Å². The Labute approximate surface area is 173 Å². The molecule has 3 amide bonds. The van der Waals surface area contributed by atoms with E-state index in [0.29, 0.717) is 17.8 Å². The minimum atomic E-state index is -0.266. The molecule has 2 aromatic rings. The van der Waals surface area contributed by atoms with E-state index in [4.69, 9.17) is 0 Å². The van der Waals surface area contributed by atoms with Crippen LogP contribution in [0.1, 0.15) is 28.9 Å². The van der Waals surface area contributed by atoms with Crippen LogP contribution in [0.15, 0.2) is 47.5 Å². The molecule has 1 fully saturated rings. The lowest BCUT2D eigenvalue weighted by atomic mass is 10.1. The highest BCUT2D eigenvalue weighted by molar-refractivity contribution is 8.00. The second-order valence-electron chi connectivity index (χ2n) is 7.05. The van der Waals surface area contributed by atoms with Gasteiger partial charge >= 0.3 is 0 Å². The molecule has 7 nitrogen and oxygen atoms in total. The van der Waals surface area contributed by atoms with E-state index in [2.05, 4.69) is 10.3 Å². The summed E-state index contributed by atoms with van der Waals surface area (Å²) < 4.78 is 0. The Morgan fingerprint density at radius 1 is 1.14 bits per heavy atom. The highest BCUT2D eigenvalue weighted by atomic mass is 32.2.